The zero-order valence-electron chi connectivity index (χ0n) is 18.2. The van der Waals surface area contributed by atoms with E-state index in [1.54, 1.807) is 0 Å². The highest BCUT2D eigenvalue weighted by Crippen LogP contribution is 2.32. The Labute approximate surface area is 197 Å². The van der Waals surface area contributed by atoms with Crippen molar-refractivity contribution in [3.05, 3.63) is 101 Å². The largest absolute Gasteiger partial charge is 0.376 e. The number of rotatable bonds is 6. The summed E-state index contributed by atoms with van der Waals surface area (Å²) in [6.45, 7) is 1.48. The first-order valence-electron chi connectivity index (χ1n) is 11.1. The predicted molar refractivity (Wildman–Crippen MR) is 133 cm³/mol. The lowest BCUT2D eigenvalue weighted by atomic mass is 10.1. The van der Waals surface area contributed by atoms with Gasteiger partial charge in [0.25, 0.3) is 5.91 Å². The Kier molecular flexibility index (Phi) is 6.46. The van der Waals surface area contributed by atoms with E-state index in [4.69, 9.17) is 9.73 Å². The molecule has 6 heteroatoms. The summed E-state index contributed by atoms with van der Waals surface area (Å²) in [5, 5.41) is 3.94. The number of aromatic nitrogens is 1. The summed E-state index contributed by atoms with van der Waals surface area (Å²) in [4.78, 5) is 18.8. The van der Waals surface area contributed by atoms with Gasteiger partial charge in [0.05, 0.1) is 24.0 Å². The van der Waals surface area contributed by atoms with Crippen molar-refractivity contribution in [1.82, 2.24) is 4.57 Å². The molecule has 1 fully saturated rings. The molecule has 4 aromatic rings. The van der Waals surface area contributed by atoms with Gasteiger partial charge in [0.2, 0.25) is 0 Å². The van der Waals surface area contributed by atoms with Gasteiger partial charge in [-0.1, -0.05) is 78.1 Å². The SMILES string of the molecule is O=C(Nc1sc(=Nc2ccccc2)n(C[C@H]2CCCO2)c1-c1ccccc1)c1ccccc1. The number of para-hydroxylation sites is 1. The molecule has 1 aromatic heterocycles. The molecular weight excluding hydrogens is 430 g/mol. The second kappa shape index (κ2) is 9.98. The highest BCUT2D eigenvalue weighted by atomic mass is 32.1. The van der Waals surface area contributed by atoms with Crippen LogP contribution in [0.5, 0.6) is 0 Å². The molecule has 0 aliphatic carbocycles. The molecule has 5 nitrogen and oxygen atoms in total. The first-order valence-corrected chi connectivity index (χ1v) is 12.0. The molecule has 1 aliphatic heterocycles. The minimum absolute atomic E-state index is 0.134. The smallest absolute Gasteiger partial charge is 0.256 e. The minimum Gasteiger partial charge on any atom is -0.376 e. The molecule has 0 spiro atoms. The number of nitrogens with zero attached hydrogens (tertiary/aromatic N) is 2. The maximum absolute atomic E-state index is 13.1. The van der Waals surface area contributed by atoms with E-state index >= 15 is 0 Å². The zero-order chi connectivity index (χ0) is 22.5. The normalized spacial score (nSPS) is 16.1. The number of carbonyl (C=O) groups excluding carboxylic acids is 1. The van der Waals surface area contributed by atoms with Gasteiger partial charge >= 0.3 is 0 Å². The molecule has 0 radical (unpaired) electrons. The third-order valence-electron chi connectivity index (χ3n) is 5.61. The number of amides is 1. The lowest BCUT2D eigenvalue weighted by molar-refractivity contribution is 0.0968. The molecule has 166 valence electrons. The van der Waals surface area contributed by atoms with E-state index in [2.05, 4.69) is 22.0 Å². The number of anilines is 1. The average Bonchev–Trinajstić information content (AvgIpc) is 3.49. The Morgan fingerprint density at radius 1 is 0.970 bits per heavy atom. The molecule has 1 saturated heterocycles. The Hall–Kier alpha value is -3.48. The fourth-order valence-corrected chi connectivity index (χ4v) is 5.08. The van der Waals surface area contributed by atoms with E-state index < -0.39 is 0 Å². The standard InChI is InChI=1S/C27H25N3O2S/c31-25(21-13-6-2-7-14-21)29-26-24(20-11-4-1-5-12-20)30(19-23-17-10-18-32-23)27(33-26)28-22-15-8-3-9-16-22/h1-9,11-16,23H,10,17-19H2,(H,29,31)/t23-/m1/s1. The molecule has 1 N–H and O–H groups in total. The molecule has 1 atom stereocenters. The molecule has 1 aliphatic rings. The summed E-state index contributed by atoms with van der Waals surface area (Å²) in [5.41, 5.74) is 3.48. The average molecular weight is 456 g/mol. The summed E-state index contributed by atoms with van der Waals surface area (Å²) in [6.07, 6.45) is 2.22. The number of nitrogens with one attached hydrogen (secondary N) is 1. The van der Waals surface area contributed by atoms with E-state index in [1.807, 2.05) is 78.9 Å². The van der Waals surface area contributed by atoms with Crippen LogP contribution in [0.4, 0.5) is 10.7 Å². The Balaban J connectivity index is 1.65. The molecule has 3 aromatic carbocycles. The summed E-state index contributed by atoms with van der Waals surface area (Å²) >= 11 is 1.49. The molecule has 0 saturated carbocycles. The third kappa shape index (κ3) is 4.97. The van der Waals surface area contributed by atoms with Crippen molar-refractivity contribution in [2.24, 2.45) is 4.99 Å². The summed E-state index contributed by atoms with van der Waals surface area (Å²) in [7, 11) is 0. The van der Waals surface area contributed by atoms with Crippen LogP contribution in [-0.4, -0.2) is 23.2 Å². The van der Waals surface area contributed by atoms with Gasteiger partial charge in [-0.2, -0.15) is 0 Å². The van der Waals surface area contributed by atoms with Gasteiger partial charge in [-0.05, 0) is 37.1 Å². The second-order valence-electron chi connectivity index (χ2n) is 7.94. The summed E-state index contributed by atoms with van der Waals surface area (Å²) in [6, 6.07) is 29.4. The van der Waals surface area contributed by atoms with Crippen molar-refractivity contribution in [2.75, 3.05) is 11.9 Å². The quantitative estimate of drug-likeness (QED) is 0.395. The molecule has 5 rings (SSSR count). The van der Waals surface area contributed by atoms with E-state index in [9.17, 15) is 4.79 Å². The molecule has 33 heavy (non-hydrogen) atoms. The maximum Gasteiger partial charge on any atom is 0.256 e. The Morgan fingerprint density at radius 3 is 2.30 bits per heavy atom. The van der Waals surface area contributed by atoms with Crippen LogP contribution in [0.1, 0.15) is 23.2 Å². The predicted octanol–water partition coefficient (Wildman–Crippen LogP) is 5.88. The van der Waals surface area contributed by atoms with Gasteiger partial charge < -0.3 is 14.6 Å². The van der Waals surface area contributed by atoms with Crippen molar-refractivity contribution < 1.29 is 9.53 Å². The third-order valence-corrected chi connectivity index (χ3v) is 6.60. The van der Waals surface area contributed by atoms with Crippen LogP contribution >= 0.6 is 11.3 Å². The van der Waals surface area contributed by atoms with Crippen LogP contribution in [0.3, 0.4) is 0 Å². The number of hydrogen-bond donors (Lipinski definition) is 1. The van der Waals surface area contributed by atoms with Crippen LogP contribution in [0, 0.1) is 0 Å². The Bertz CT molecular complexity index is 1280. The highest BCUT2D eigenvalue weighted by Gasteiger charge is 2.23. The minimum atomic E-state index is -0.135. The first-order chi connectivity index (χ1) is 16.3. The van der Waals surface area contributed by atoms with Gasteiger partial charge in [0.15, 0.2) is 4.80 Å². The van der Waals surface area contributed by atoms with Crippen molar-refractivity contribution in [3.63, 3.8) is 0 Å². The summed E-state index contributed by atoms with van der Waals surface area (Å²) in [5.74, 6) is -0.135. The van der Waals surface area contributed by atoms with Crippen molar-refractivity contribution in [1.29, 1.82) is 0 Å². The van der Waals surface area contributed by atoms with Crippen LogP contribution in [0.15, 0.2) is 96.0 Å². The molecule has 2 heterocycles. The molecule has 0 bridgehead atoms. The van der Waals surface area contributed by atoms with Crippen LogP contribution in [0.2, 0.25) is 0 Å². The Morgan fingerprint density at radius 2 is 1.64 bits per heavy atom. The fourth-order valence-electron chi connectivity index (χ4n) is 4.00. The van der Waals surface area contributed by atoms with E-state index in [0.29, 0.717) is 12.1 Å². The van der Waals surface area contributed by atoms with E-state index in [1.165, 1.54) is 11.3 Å². The van der Waals surface area contributed by atoms with Gasteiger partial charge in [-0.15, -0.1) is 0 Å². The lowest BCUT2D eigenvalue weighted by Gasteiger charge is -2.15. The zero-order valence-corrected chi connectivity index (χ0v) is 19.0. The topological polar surface area (TPSA) is 55.6 Å². The van der Waals surface area contributed by atoms with Gasteiger partial charge in [-0.3, -0.25) is 4.79 Å². The van der Waals surface area contributed by atoms with Crippen molar-refractivity contribution in [2.45, 2.75) is 25.5 Å². The van der Waals surface area contributed by atoms with Gasteiger partial charge in [-0.25, -0.2) is 4.99 Å². The first kappa shape index (κ1) is 21.4. The van der Waals surface area contributed by atoms with Crippen LogP contribution in [0.25, 0.3) is 11.3 Å². The lowest BCUT2D eigenvalue weighted by Crippen LogP contribution is -2.24. The number of thiazole rings is 1. The van der Waals surface area contributed by atoms with Crippen molar-refractivity contribution >= 4 is 27.9 Å². The number of ether oxygens (including phenoxy) is 1. The molecular formula is C27H25N3O2S. The monoisotopic (exact) mass is 455 g/mol. The maximum atomic E-state index is 13.1. The van der Waals surface area contributed by atoms with Crippen molar-refractivity contribution in [3.8, 4) is 11.3 Å². The number of benzene rings is 3. The summed E-state index contributed by atoms with van der Waals surface area (Å²) < 4.78 is 8.17. The van der Waals surface area contributed by atoms with Gasteiger partial charge in [0, 0.05) is 17.7 Å². The molecule has 1 amide bonds. The number of carbonyl (C=O) groups is 1. The second-order valence-corrected chi connectivity index (χ2v) is 8.92. The highest BCUT2D eigenvalue weighted by molar-refractivity contribution is 7.14. The fraction of sp³-hybridized carbons (Fsp3) is 0.185. The van der Waals surface area contributed by atoms with E-state index in [-0.39, 0.29) is 12.0 Å². The van der Waals surface area contributed by atoms with E-state index in [0.717, 1.165) is 46.2 Å². The van der Waals surface area contributed by atoms with Crippen LogP contribution < -0.4 is 10.1 Å². The molecule has 0 unspecified atom stereocenters. The van der Waals surface area contributed by atoms with Gasteiger partial charge in [0.1, 0.15) is 5.00 Å². The van der Waals surface area contributed by atoms with Crippen LogP contribution in [-0.2, 0) is 11.3 Å². The number of hydrogen-bond acceptors (Lipinski definition) is 4.